The van der Waals surface area contributed by atoms with Crippen molar-refractivity contribution in [2.75, 3.05) is 0 Å². The minimum atomic E-state index is -1.66. The van der Waals surface area contributed by atoms with Gasteiger partial charge in [0.15, 0.2) is 17.0 Å². The van der Waals surface area contributed by atoms with Crippen LogP contribution in [0.25, 0.3) is 11.0 Å². The fourth-order valence-corrected chi connectivity index (χ4v) is 5.37. The summed E-state index contributed by atoms with van der Waals surface area (Å²) >= 11 is 0. The summed E-state index contributed by atoms with van der Waals surface area (Å²) in [5.74, 6) is 0.935. The van der Waals surface area contributed by atoms with Gasteiger partial charge >= 0.3 is 0 Å². The maximum atomic E-state index is 13.3. The molecule has 0 bridgehead atoms. The lowest BCUT2D eigenvalue weighted by atomic mass is 9.86. The summed E-state index contributed by atoms with van der Waals surface area (Å²) < 4.78 is 17.9. The summed E-state index contributed by atoms with van der Waals surface area (Å²) in [5, 5.41) is 32.4. The fraction of sp³-hybridized carbons (Fsp3) is 0.235. The number of hydrogen-bond acceptors (Lipinski definition) is 8. The van der Waals surface area contributed by atoms with E-state index in [-0.39, 0.29) is 27.9 Å². The van der Waals surface area contributed by atoms with Crippen LogP contribution < -0.4 is 15.6 Å². The zero-order valence-electron chi connectivity index (χ0n) is 22.7. The molecule has 8 nitrogen and oxygen atoms in total. The van der Waals surface area contributed by atoms with Crippen molar-refractivity contribution >= 4 is 11.0 Å². The first kappa shape index (κ1) is 27.7. The number of benzene rings is 3. The molecule has 3 N–H and O–H groups in total. The van der Waals surface area contributed by atoms with Crippen molar-refractivity contribution in [3.8, 4) is 5.75 Å². The Morgan fingerprint density at radius 1 is 0.643 bits per heavy atom. The smallest absolute Gasteiger partial charge is 0.193 e. The third-order valence-corrected chi connectivity index (χ3v) is 7.62. The molecule has 2 aromatic heterocycles. The Labute approximate surface area is 241 Å². The number of rotatable bonds is 8. The molecule has 0 fully saturated rings. The standard InChI is InChI=1S/C34H30O8/c35-26-18-23(13-11-20-7-3-1-4-8-20)40-28-16-15-22(17-25(26)28)41-33-29-27(36)19-24(14-12-21-9-5-2-6-10-21)42-34(29)32(39)30(37)31(33)38/h1-10,15-19,30-33,37-39H,11-14H2/t30-,31-,32+,33-/m0/s1. The van der Waals surface area contributed by atoms with E-state index in [4.69, 9.17) is 13.6 Å². The van der Waals surface area contributed by atoms with Crippen LogP contribution in [0.1, 0.15) is 46.2 Å². The quantitative estimate of drug-likeness (QED) is 0.255. The summed E-state index contributed by atoms with van der Waals surface area (Å²) in [6.07, 6.45) is -3.95. The van der Waals surface area contributed by atoms with Crippen molar-refractivity contribution in [2.24, 2.45) is 0 Å². The van der Waals surface area contributed by atoms with Gasteiger partial charge in [-0.2, -0.15) is 0 Å². The van der Waals surface area contributed by atoms with Crippen LogP contribution in [0, 0.1) is 0 Å². The Morgan fingerprint density at radius 2 is 1.24 bits per heavy atom. The Kier molecular flexibility index (Phi) is 7.75. The fourth-order valence-electron chi connectivity index (χ4n) is 5.37. The highest BCUT2D eigenvalue weighted by atomic mass is 16.5. The van der Waals surface area contributed by atoms with Crippen molar-refractivity contribution in [2.45, 2.75) is 50.1 Å². The van der Waals surface area contributed by atoms with Gasteiger partial charge in [0.25, 0.3) is 0 Å². The van der Waals surface area contributed by atoms with Crippen molar-refractivity contribution in [3.05, 3.63) is 145 Å². The molecule has 6 rings (SSSR count). The molecule has 5 aromatic rings. The van der Waals surface area contributed by atoms with E-state index < -0.39 is 29.8 Å². The normalized spacial score (nSPS) is 19.9. The van der Waals surface area contributed by atoms with E-state index in [1.165, 1.54) is 18.2 Å². The van der Waals surface area contributed by atoms with Gasteiger partial charge < -0.3 is 28.9 Å². The second-order valence-electron chi connectivity index (χ2n) is 10.5. The first-order valence-electron chi connectivity index (χ1n) is 13.9. The number of aliphatic hydroxyl groups excluding tert-OH is 3. The highest BCUT2D eigenvalue weighted by Gasteiger charge is 2.45. The van der Waals surface area contributed by atoms with Gasteiger partial charge in [-0.15, -0.1) is 0 Å². The van der Waals surface area contributed by atoms with Gasteiger partial charge in [0, 0.05) is 25.0 Å². The largest absolute Gasteiger partial charge is 0.483 e. The second-order valence-corrected chi connectivity index (χ2v) is 10.5. The van der Waals surface area contributed by atoms with Gasteiger partial charge in [-0.25, -0.2) is 0 Å². The minimum Gasteiger partial charge on any atom is -0.483 e. The Morgan fingerprint density at radius 3 is 1.88 bits per heavy atom. The van der Waals surface area contributed by atoms with Crippen LogP contribution in [0.5, 0.6) is 5.75 Å². The summed E-state index contributed by atoms with van der Waals surface area (Å²) in [7, 11) is 0. The maximum absolute atomic E-state index is 13.3. The lowest BCUT2D eigenvalue weighted by Gasteiger charge is -2.35. The Bertz CT molecular complexity index is 1810. The van der Waals surface area contributed by atoms with Crippen molar-refractivity contribution in [3.63, 3.8) is 0 Å². The van der Waals surface area contributed by atoms with E-state index in [1.807, 2.05) is 60.7 Å². The molecule has 0 radical (unpaired) electrons. The molecule has 0 amide bonds. The van der Waals surface area contributed by atoms with E-state index >= 15 is 0 Å². The van der Waals surface area contributed by atoms with E-state index in [1.54, 1.807) is 12.1 Å². The van der Waals surface area contributed by atoms with Crippen molar-refractivity contribution in [1.29, 1.82) is 0 Å². The highest BCUT2D eigenvalue weighted by molar-refractivity contribution is 5.78. The molecule has 1 aliphatic carbocycles. The lowest BCUT2D eigenvalue weighted by Crippen LogP contribution is -2.46. The Hall–Kier alpha value is -4.50. The van der Waals surface area contributed by atoms with E-state index in [0.29, 0.717) is 36.4 Å². The monoisotopic (exact) mass is 566 g/mol. The summed E-state index contributed by atoms with van der Waals surface area (Å²) in [6.45, 7) is 0. The Balaban J connectivity index is 1.26. The molecule has 4 atom stereocenters. The topological polar surface area (TPSA) is 130 Å². The molecule has 0 spiro atoms. The number of hydrogen-bond donors (Lipinski definition) is 3. The molecule has 0 saturated heterocycles. The average molecular weight is 567 g/mol. The molecule has 0 unspecified atom stereocenters. The molecule has 42 heavy (non-hydrogen) atoms. The molecule has 2 heterocycles. The molecular formula is C34H30O8. The van der Waals surface area contributed by atoms with Crippen LogP contribution in [-0.4, -0.2) is 27.5 Å². The van der Waals surface area contributed by atoms with Gasteiger partial charge in [0.05, 0.1) is 10.9 Å². The van der Waals surface area contributed by atoms with Crippen LogP contribution in [0.15, 0.2) is 109 Å². The summed E-state index contributed by atoms with van der Waals surface area (Å²) in [6, 6.07) is 27.0. The maximum Gasteiger partial charge on any atom is 0.193 e. The lowest BCUT2D eigenvalue weighted by molar-refractivity contribution is -0.121. The number of ether oxygens (including phenoxy) is 1. The van der Waals surface area contributed by atoms with Gasteiger partial charge in [-0.05, 0) is 42.2 Å². The summed E-state index contributed by atoms with van der Waals surface area (Å²) in [4.78, 5) is 26.2. The number of fused-ring (bicyclic) bond motifs is 2. The predicted octanol–water partition coefficient (Wildman–Crippen LogP) is 4.21. The number of aliphatic hydroxyl groups is 3. The van der Waals surface area contributed by atoms with Gasteiger partial charge in [-0.1, -0.05) is 60.7 Å². The highest BCUT2D eigenvalue weighted by Crippen LogP contribution is 2.38. The third-order valence-electron chi connectivity index (χ3n) is 7.62. The zero-order chi connectivity index (χ0) is 29.2. The first-order chi connectivity index (χ1) is 20.4. The molecular weight excluding hydrogens is 536 g/mol. The van der Waals surface area contributed by atoms with Crippen LogP contribution in [0.2, 0.25) is 0 Å². The van der Waals surface area contributed by atoms with Gasteiger partial charge in [0.2, 0.25) is 0 Å². The molecule has 0 aliphatic heterocycles. The SMILES string of the molecule is O=c1cc(CCc2ccccc2)oc2c1[C@H](Oc1ccc3oc(CCc4ccccc4)cc(=O)c3c1)[C@@H](O)[C@H](O)[C@H]2O. The summed E-state index contributed by atoms with van der Waals surface area (Å²) in [5.41, 5.74) is 1.74. The zero-order valence-corrected chi connectivity index (χ0v) is 22.7. The predicted molar refractivity (Wildman–Crippen MR) is 156 cm³/mol. The molecule has 8 heteroatoms. The van der Waals surface area contributed by atoms with Crippen LogP contribution >= 0.6 is 0 Å². The van der Waals surface area contributed by atoms with Crippen LogP contribution in [0.3, 0.4) is 0 Å². The third kappa shape index (κ3) is 5.65. The molecule has 3 aromatic carbocycles. The molecule has 0 saturated carbocycles. The van der Waals surface area contributed by atoms with Crippen LogP contribution in [0.4, 0.5) is 0 Å². The van der Waals surface area contributed by atoms with Gasteiger partial charge in [-0.3, -0.25) is 9.59 Å². The van der Waals surface area contributed by atoms with Crippen molar-refractivity contribution in [1.82, 2.24) is 0 Å². The van der Waals surface area contributed by atoms with E-state index in [9.17, 15) is 24.9 Å². The average Bonchev–Trinajstić information content (AvgIpc) is 3.01. The molecule has 1 aliphatic rings. The van der Waals surface area contributed by atoms with E-state index in [0.717, 1.165) is 17.5 Å². The van der Waals surface area contributed by atoms with Crippen molar-refractivity contribution < 1.29 is 28.9 Å². The first-order valence-corrected chi connectivity index (χ1v) is 13.9. The number of aryl methyl sites for hydroxylation is 4. The van der Waals surface area contributed by atoms with Gasteiger partial charge in [0.1, 0.15) is 46.9 Å². The molecule has 214 valence electrons. The second kappa shape index (κ2) is 11.8. The minimum absolute atomic E-state index is 0.0767. The van der Waals surface area contributed by atoms with E-state index in [2.05, 4.69) is 0 Å². The van der Waals surface area contributed by atoms with Crippen LogP contribution in [-0.2, 0) is 25.7 Å².